The molecular formula is C17H21NO4. The molecule has 1 aromatic rings. The molecule has 3 rings (SSSR count). The molecule has 2 aliphatic rings. The first kappa shape index (κ1) is 14.9. The first-order valence-corrected chi connectivity index (χ1v) is 7.78. The van der Waals surface area contributed by atoms with E-state index in [1.165, 1.54) is 4.90 Å². The van der Waals surface area contributed by atoms with E-state index in [0.717, 1.165) is 36.8 Å². The van der Waals surface area contributed by atoms with Crippen molar-refractivity contribution in [3.63, 3.8) is 0 Å². The molecular weight excluding hydrogens is 282 g/mol. The number of nitrogens with zero attached hydrogens (tertiary/aromatic N) is 1. The molecule has 1 unspecified atom stereocenters. The van der Waals surface area contributed by atoms with Crippen molar-refractivity contribution in [2.45, 2.75) is 57.2 Å². The molecule has 1 fully saturated rings. The smallest absolute Gasteiger partial charge is 0.411 e. The van der Waals surface area contributed by atoms with Crippen molar-refractivity contribution in [3.05, 3.63) is 35.4 Å². The molecule has 5 nitrogen and oxygen atoms in total. The Kier molecular flexibility index (Phi) is 3.81. The van der Waals surface area contributed by atoms with Crippen LogP contribution in [-0.2, 0) is 22.5 Å². The lowest BCUT2D eigenvalue weighted by Gasteiger charge is -2.36. The Bertz CT molecular complexity index is 592. The third-order valence-corrected chi connectivity index (χ3v) is 4.76. The summed E-state index contributed by atoms with van der Waals surface area (Å²) in [5.41, 5.74) is 1.54. The number of amides is 1. The summed E-state index contributed by atoms with van der Waals surface area (Å²) in [4.78, 5) is 25.4. The third kappa shape index (κ3) is 2.80. The fourth-order valence-corrected chi connectivity index (χ4v) is 3.43. The number of aliphatic carboxylic acids is 1. The molecule has 1 aliphatic heterocycles. The first-order chi connectivity index (χ1) is 10.5. The Balaban J connectivity index is 1.81. The highest BCUT2D eigenvalue weighted by Crippen LogP contribution is 2.34. The van der Waals surface area contributed by atoms with E-state index in [9.17, 15) is 14.7 Å². The van der Waals surface area contributed by atoms with Gasteiger partial charge in [0, 0.05) is 6.42 Å². The summed E-state index contributed by atoms with van der Waals surface area (Å²) in [6.07, 6.45) is 3.62. The maximum atomic E-state index is 12.5. The maximum Gasteiger partial charge on any atom is 0.411 e. The van der Waals surface area contributed by atoms with Crippen molar-refractivity contribution in [1.29, 1.82) is 0 Å². The van der Waals surface area contributed by atoms with Crippen LogP contribution in [0.3, 0.4) is 0 Å². The lowest BCUT2D eigenvalue weighted by atomic mass is 9.94. The minimum absolute atomic E-state index is 0.294. The van der Waals surface area contributed by atoms with E-state index in [4.69, 9.17) is 4.74 Å². The highest BCUT2D eigenvalue weighted by atomic mass is 16.6. The highest BCUT2D eigenvalue weighted by molar-refractivity contribution is 5.81. The Morgan fingerprint density at radius 2 is 1.86 bits per heavy atom. The molecule has 0 aromatic heterocycles. The number of benzene rings is 1. The average molecular weight is 303 g/mol. The summed E-state index contributed by atoms with van der Waals surface area (Å²) in [6.45, 7) is 2.23. The minimum atomic E-state index is -0.983. The number of fused-ring (bicyclic) bond motifs is 1. The van der Waals surface area contributed by atoms with E-state index < -0.39 is 23.7 Å². The Morgan fingerprint density at radius 1 is 1.23 bits per heavy atom. The number of hydrogen-bond donors (Lipinski definition) is 1. The van der Waals surface area contributed by atoms with Crippen LogP contribution in [-0.4, -0.2) is 33.7 Å². The topological polar surface area (TPSA) is 66.8 Å². The van der Waals surface area contributed by atoms with Crippen LogP contribution in [0, 0.1) is 0 Å². The van der Waals surface area contributed by atoms with Crippen molar-refractivity contribution in [1.82, 2.24) is 4.90 Å². The summed E-state index contributed by atoms with van der Waals surface area (Å²) in [5, 5.41) is 9.46. The number of carbonyl (C=O) groups is 2. The van der Waals surface area contributed by atoms with Gasteiger partial charge in [-0.05, 0) is 43.7 Å². The van der Waals surface area contributed by atoms with Gasteiger partial charge in [0.25, 0.3) is 0 Å². The van der Waals surface area contributed by atoms with Gasteiger partial charge in [-0.15, -0.1) is 0 Å². The van der Waals surface area contributed by atoms with Crippen molar-refractivity contribution < 1.29 is 19.4 Å². The van der Waals surface area contributed by atoms with E-state index in [1.807, 2.05) is 31.2 Å². The first-order valence-electron chi connectivity index (χ1n) is 7.78. The van der Waals surface area contributed by atoms with Gasteiger partial charge in [0.05, 0.1) is 6.54 Å². The summed E-state index contributed by atoms with van der Waals surface area (Å²) < 4.78 is 5.66. The van der Waals surface area contributed by atoms with Crippen LogP contribution in [0.5, 0.6) is 0 Å². The van der Waals surface area contributed by atoms with Crippen LogP contribution in [0.25, 0.3) is 0 Å². The zero-order valence-electron chi connectivity index (χ0n) is 12.7. The number of ether oxygens (including phenoxy) is 1. The molecule has 1 saturated carbocycles. The van der Waals surface area contributed by atoms with Crippen LogP contribution in [0.4, 0.5) is 4.79 Å². The summed E-state index contributed by atoms with van der Waals surface area (Å²) in [5.74, 6) is -0.983. The molecule has 22 heavy (non-hydrogen) atoms. The zero-order valence-corrected chi connectivity index (χ0v) is 12.7. The molecule has 1 aliphatic carbocycles. The molecule has 1 amide bonds. The second-order valence-electron chi connectivity index (χ2n) is 6.48. The molecule has 0 radical (unpaired) electrons. The van der Waals surface area contributed by atoms with Crippen LogP contribution in [0.15, 0.2) is 24.3 Å². The molecule has 1 aromatic carbocycles. The van der Waals surface area contributed by atoms with Gasteiger partial charge in [0.2, 0.25) is 0 Å². The van der Waals surface area contributed by atoms with E-state index in [1.54, 1.807) is 0 Å². The molecule has 5 heteroatoms. The predicted octanol–water partition coefficient (Wildman–Crippen LogP) is 2.97. The highest BCUT2D eigenvalue weighted by Gasteiger charge is 2.39. The molecule has 1 N–H and O–H groups in total. The van der Waals surface area contributed by atoms with E-state index in [-0.39, 0.29) is 0 Å². The number of carboxylic acid groups (broad SMARTS) is 1. The Labute approximate surface area is 129 Å². The Morgan fingerprint density at radius 3 is 2.50 bits per heavy atom. The van der Waals surface area contributed by atoms with Gasteiger partial charge in [-0.25, -0.2) is 9.59 Å². The largest absolute Gasteiger partial charge is 0.480 e. The number of carboxylic acids is 1. The SMILES string of the molecule is CC1(OC(=O)N2Cc3ccccc3CC2C(=O)O)CCCC1. The third-order valence-electron chi connectivity index (χ3n) is 4.76. The van der Waals surface area contributed by atoms with E-state index in [0.29, 0.717) is 13.0 Å². The number of rotatable bonds is 2. The van der Waals surface area contributed by atoms with Gasteiger partial charge >= 0.3 is 12.1 Å². The van der Waals surface area contributed by atoms with Gasteiger partial charge in [-0.2, -0.15) is 0 Å². The van der Waals surface area contributed by atoms with Crippen molar-refractivity contribution in [2.75, 3.05) is 0 Å². The molecule has 0 bridgehead atoms. The van der Waals surface area contributed by atoms with Crippen LogP contribution in [0.1, 0.15) is 43.7 Å². The predicted molar refractivity (Wildman–Crippen MR) is 80.5 cm³/mol. The fraction of sp³-hybridized carbons (Fsp3) is 0.529. The van der Waals surface area contributed by atoms with Crippen LogP contribution in [0.2, 0.25) is 0 Å². The van der Waals surface area contributed by atoms with Gasteiger partial charge in [-0.1, -0.05) is 24.3 Å². The molecule has 0 saturated heterocycles. The standard InChI is InChI=1S/C17H21NO4/c1-17(8-4-5-9-17)22-16(21)18-11-13-7-3-2-6-12(13)10-14(18)15(19)20/h2-3,6-7,14H,4-5,8-11H2,1H3,(H,19,20). The summed E-state index contributed by atoms with van der Waals surface area (Å²) in [6, 6.07) is 6.80. The number of hydrogen-bond acceptors (Lipinski definition) is 3. The van der Waals surface area contributed by atoms with Gasteiger partial charge in [0.1, 0.15) is 11.6 Å². The minimum Gasteiger partial charge on any atom is -0.480 e. The fourth-order valence-electron chi connectivity index (χ4n) is 3.43. The van der Waals surface area contributed by atoms with Gasteiger partial charge in [-0.3, -0.25) is 4.90 Å². The van der Waals surface area contributed by atoms with Crippen LogP contribution < -0.4 is 0 Å². The zero-order chi connectivity index (χ0) is 15.7. The Hall–Kier alpha value is -2.04. The van der Waals surface area contributed by atoms with Gasteiger partial charge in [0.15, 0.2) is 0 Å². The monoisotopic (exact) mass is 303 g/mol. The van der Waals surface area contributed by atoms with Crippen molar-refractivity contribution >= 4 is 12.1 Å². The lowest BCUT2D eigenvalue weighted by molar-refractivity contribution is -0.143. The molecule has 1 atom stereocenters. The second kappa shape index (κ2) is 5.63. The van der Waals surface area contributed by atoms with Crippen LogP contribution >= 0.6 is 0 Å². The molecule has 0 spiro atoms. The second-order valence-corrected chi connectivity index (χ2v) is 6.48. The molecule has 1 heterocycles. The summed E-state index contributed by atoms with van der Waals surface area (Å²) >= 11 is 0. The van der Waals surface area contributed by atoms with Crippen molar-refractivity contribution in [3.8, 4) is 0 Å². The average Bonchev–Trinajstić information content (AvgIpc) is 2.92. The number of carbonyl (C=O) groups excluding carboxylic acids is 1. The maximum absolute atomic E-state index is 12.5. The van der Waals surface area contributed by atoms with Crippen molar-refractivity contribution in [2.24, 2.45) is 0 Å². The van der Waals surface area contributed by atoms with E-state index >= 15 is 0 Å². The quantitative estimate of drug-likeness (QED) is 0.912. The normalized spacial score (nSPS) is 23.0. The molecule has 118 valence electrons. The van der Waals surface area contributed by atoms with E-state index in [2.05, 4.69) is 0 Å². The van der Waals surface area contributed by atoms with Gasteiger partial charge < -0.3 is 9.84 Å². The lowest BCUT2D eigenvalue weighted by Crippen LogP contribution is -2.50. The summed E-state index contributed by atoms with van der Waals surface area (Å²) in [7, 11) is 0.